The number of hydrogen-bond acceptors (Lipinski definition) is 3. The van der Waals surface area contributed by atoms with Gasteiger partial charge in [-0.1, -0.05) is 0 Å². The summed E-state index contributed by atoms with van der Waals surface area (Å²) in [6.07, 6.45) is 0.127. The Bertz CT molecular complexity index is 130. The van der Waals surface area contributed by atoms with E-state index in [1.807, 2.05) is 6.07 Å². The van der Waals surface area contributed by atoms with E-state index >= 15 is 0 Å². The summed E-state index contributed by atoms with van der Waals surface area (Å²) in [5, 5.41) is 17.4. The first-order valence-corrected chi connectivity index (χ1v) is 3.00. The highest BCUT2D eigenvalue weighted by molar-refractivity contribution is 4.89. The second kappa shape index (κ2) is 2.81. The molecule has 0 amide bonds. The van der Waals surface area contributed by atoms with Crippen molar-refractivity contribution in [3.05, 3.63) is 0 Å². The van der Waals surface area contributed by atoms with Gasteiger partial charge in [-0.15, -0.1) is 0 Å². The summed E-state index contributed by atoms with van der Waals surface area (Å²) in [7, 11) is 0. The number of ether oxygens (including phenoxy) is 1. The minimum atomic E-state index is -0.469. The van der Waals surface area contributed by atoms with E-state index in [9.17, 15) is 0 Å². The molecular formula is C6H9NO2. The first kappa shape index (κ1) is 6.53. The fourth-order valence-electron chi connectivity index (χ4n) is 0.850. The van der Waals surface area contributed by atoms with Crippen molar-refractivity contribution < 1.29 is 9.84 Å². The van der Waals surface area contributed by atoms with E-state index in [1.165, 1.54) is 0 Å². The highest BCUT2D eigenvalue weighted by Gasteiger charge is 2.22. The number of aliphatic hydroxyl groups excluding tert-OH is 1. The Labute approximate surface area is 53.9 Å². The predicted molar refractivity (Wildman–Crippen MR) is 30.5 cm³/mol. The van der Waals surface area contributed by atoms with E-state index in [4.69, 9.17) is 15.1 Å². The molecule has 0 aliphatic carbocycles. The molecule has 0 saturated carbocycles. The van der Waals surface area contributed by atoms with Crippen molar-refractivity contribution in [2.24, 2.45) is 5.92 Å². The molecule has 0 bridgehead atoms. The van der Waals surface area contributed by atoms with Crippen molar-refractivity contribution in [3.63, 3.8) is 0 Å². The molecule has 9 heavy (non-hydrogen) atoms. The summed E-state index contributed by atoms with van der Waals surface area (Å²) >= 11 is 0. The minimum absolute atomic E-state index is 0.307. The van der Waals surface area contributed by atoms with Gasteiger partial charge in [0.1, 0.15) is 0 Å². The predicted octanol–water partition coefficient (Wildman–Crippen LogP) is -0.0926. The quantitative estimate of drug-likeness (QED) is 0.494. The lowest BCUT2D eigenvalue weighted by Crippen LogP contribution is -2.30. The van der Waals surface area contributed by atoms with Crippen LogP contribution in [0.5, 0.6) is 0 Å². The number of aliphatic hydroxyl groups is 1. The number of rotatable bonds is 0. The van der Waals surface area contributed by atoms with Crippen LogP contribution in [0.1, 0.15) is 6.42 Å². The molecule has 0 aromatic rings. The molecule has 0 radical (unpaired) electrons. The summed E-state index contributed by atoms with van der Waals surface area (Å²) in [5.74, 6) is -0.307. The van der Waals surface area contributed by atoms with Crippen LogP contribution in [0.2, 0.25) is 0 Å². The maximum Gasteiger partial charge on any atom is 0.0956 e. The summed E-state index contributed by atoms with van der Waals surface area (Å²) in [6.45, 7) is 0.969. The standard InChI is InChI=1S/C6H9NO2/c7-3-5-4-9-2-1-6(5)8/h5-6,8H,1-2,4H2/t5-,6-/m1/s1. The molecule has 1 N–H and O–H groups in total. The Balaban J connectivity index is 2.41. The zero-order valence-electron chi connectivity index (χ0n) is 5.08. The largest absolute Gasteiger partial charge is 0.392 e. The van der Waals surface area contributed by atoms with Crippen LogP contribution in [0.25, 0.3) is 0 Å². The number of nitrogens with zero attached hydrogens (tertiary/aromatic N) is 1. The van der Waals surface area contributed by atoms with Gasteiger partial charge >= 0.3 is 0 Å². The van der Waals surface area contributed by atoms with Gasteiger partial charge in [0.2, 0.25) is 0 Å². The van der Waals surface area contributed by atoms with Crippen LogP contribution in [-0.4, -0.2) is 24.4 Å². The SMILES string of the molecule is N#C[C@@H]1COCC[C@H]1O. The van der Waals surface area contributed by atoms with Crippen LogP contribution in [0.3, 0.4) is 0 Å². The zero-order valence-corrected chi connectivity index (χ0v) is 5.08. The lowest BCUT2D eigenvalue weighted by molar-refractivity contribution is -0.0149. The summed E-state index contributed by atoms with van der Waals surface area (Å²) < 4.78 is 4.96. The van der Waals surface area contributed by atoms with Gasteiger partial charge in [0, 0.05) is 6.61 Å². The average Bonchev–Trinajstić information content (AvgIpc) is 1.89. The highest BCUT2D eigenvalue weighted by atomic mass is 16.5. The summed E-state index contributed by atoms with van der Waals surface area (Å²) in [4.78, 5) is 0. The van der Waals surface area contributed by atoms with Crippen molar-refractivity contribution in [1.82, 2.24) is 0 Å². The fourth-order valence-corrected chi connectivity index (χ4v) is 0.850. The minimum Gasteiger partial charge on any atom is -0.392 e. The Kier molecular flexibility index (Phi) is 2.04. The molecule has 2 atom stereocenters. The van der Waals surface area contributed by atoms with E-state index in [1.54, 1.807) is 0 Å². The highest BCUT2D eigenvalue weighted by Crippen LogP contribution is 2.12. The molecule has 1 aliphatic rings. The average molecular weight is 127 g/mol. The molecule has 0 aromatic heterocycles. The third-order valence-corrected chi connectivity index (χ3v) is 1.49. The van der Waals surface area contributed by atoms with E-state index in [0.29, 0.717) is 19.6 Å². The molecular weight excluding hydrogens is 118 g/mol. The monoisotopic (exact) mass is 127 g/mol. The van der Waals surface area contributed by atoms with Crippen molar-refractivity contribution in [3.8, 4) is 6.07 Å². The Morgan fingerprint density at radius 3 is 2.89 bits per heavy atom. The lowest BCUT2D eigenvalue weighted by atomic mass is 10.0. The molecule has 3 heteroatoms. The Morgan fingerprint density at radius 2 is 2.44 bits per heavy atom. The third-order valence-electron chi connectivity index (χ3n) is 1.49. The van der Waals surface area contributed by atoms with Gasteiger partial charge in [-0.3, -0.25) is 0 Å². The molecule has 0 aromatic carbocycles. The van der Waals surface area contributed by atoms with Crippen molar-refractivity contribution in [1.29, 1.82) is 5.26 Å². The van der Waals surface area contributed by atoms with Gasteiger partial charge in [0.25, 0.3) is 0 Å². The van der Waals surface area contributed by atoms with Gasteiger partial charge in [-0.25, -0.2) is 0 Å². The van der Waals surface area contributed by atoms with Gasteiger partial charge in [-0.2, -0.15) is 5.26 Å². The third kappa shape index (κ3) is 1.41. The van der Waals surface area contributed by atoms with Crippen LogP contribution in [0, 0.1) is 17.2 Å². The van der Waals surface area contributed by atoms with E-state index in [0.717, 1.165) is 0 Å². The molecule has 1 aliphatic heterocycles. The molecule has 3 nitrogen and oxygen atoms in total. The van der Waals surface area contributed by atoms with Crippen LogP contribution < -0.4 is 0 Å². The van der Waals surface area contributed by atoms with E-state index < -0.39 is 6.10 Å². The summed E-state index contributed by atoms with van der Waals surface area (Å²) in [5.41, 5.74) is 0. The molecule has 1 saturated heterocycles. The fraction of sp³-hybridized carbons (Fsp3) is 0.833. The van der Waals surface area contributed by atoms with Crippen molar-refractivity contribution >= 4 is 0 Å². The summed E-state index contributed by atoms with van der Waals surface area (Å²) in [6, 6.07) is 1.98. The van der Waals surface area contributed by atoms with Crippen LogP contribution in [-0.2, 0) is 4.74 Å². The zero-order chi connectivity index (χ0) is 6.69. The van der Waals surface area contributed by atoms with Gasteiger partial charge in [-0.05, 0) is 6.42 Å². The van der Waals surface area contributed by atoms with Crippen LogP contribution >= 0.6 is 0 Å². The number of nitriles is 1. The van der Waals surface area contributed by atoms with Crippen LogP contribution in [0.4, 0.5) is 0 Å². The number of hydrogen-bond donors (Lipinski definition) is 1. The Hall–Kier alpha value is -0.590. The molecule has 1 rings (SSSR count). The second-order valence-electron chi connectivity index (χ2n) is 2.17. The van der Waals surface area contributed by atoms with Crippen LogP contribution in [0.15, 0.2) is 0 Å². The normalized spacial score (nSPS) is 35.6. The maximum atomic E-state index is 9.07. The second-order valence-corrected chi connectivity index (χ2v) is 2.17. The van der Waals surface area contributed by atoms with Gasteiger partial charge in [0.05, 0.1) is 24.7 Å². The van der Waals surface area contributed by atoms with Gasteiger partial charge < -0.3 is 9.84 Å². The first-order chi connectivity index (χ1) is 4.34. The molecule has 1 heterocycles. The van der Waals surface area contributed by atoms with Crippen molar-refractivity contribution in [2.45, 2.75) is 12.5 Å². The van der Waals surface area contributed by atoms with Gasteiger partial charge in [0.15, 0.2) is 0 Å². The van der Waals surface area contributed by atoms with E-state index in [2.05, 4.69) is 0 Å². The molecule has 50 valence electrons. The smallest absolute Gasteiger partial charge is 0.0956 e. The van der Waals surface area contributed by atoms with Crippen molar-refractivity contribution in [2.75, 3.05) is 13.2 Å². The Morgan fingerprint density at radius 1 is 1.67 bits per heavy atom. The molecule has 0 unspecified atom stereocenters. The lowest BCUT2D eigenvalue weighted by Gasteiger charge is -2.21. The topological polar surface area (TPSA) is 53.2 Å². The molecule has 0 spiro atoms. The molecule has 1 fully saturated rings. The van der Waals surface area contributed by atoms with E-state index in [-0.39, 0.29) is 5.92 Å². The first-order valence-electron chi connectivity index (χ1n) is 3.00. The maximum absolute atomic E-state index is 9.07.